The summed E-state index contributed by atoms with van der Waals surface area (Å²) in [6, 6.07) is 0. The monoisotopic (exact) mass is 265 g/mol. The first-order chi connectivity index (χ1) is 8.69. The number of carboxylic acids is 1. The minimum Gasteiger partial charge on any atom is -0.476 e. The van der Waals surface area contributed by atoms with Gasteiger partial charge in [0, 0.05) is 24.7 Å². The third kappa shape index (κ3) is 2.11. The summed E-state index contributed by atoms with van der Waals surface area (Å²) in [7, 11) is 0. The molecule has 0 atom stereocenters. The number of rotatable bonds is 6. The van der Waals surface area contributed by atoms with E-state index in [2.05, 4.69) is 18.5 Å². The molecule has 0 saturated heterocycles. The normalized spacial score (nSPS) is 10.7. The molecule has 0 aromatic carbocycles. The highest BCUT2D eigenvalue weighted by atomic mass is 32.1. The van der Waals surface area contributed by atoms with E-state index in [1.165, 1.54) is 11.3 Å². The number of carboxylic acid groups (broad SMARTS) is 1. The highest BCUT2D eigenvalue weighted by Gasteiger charge is 2.22. The second-order valence-electron chi connectivity index (χ2n) is 3.88. The van der Waals surface area contributed by atoms with Crippen molar-refractivity contribution < 1.29 is 9.90 Å². The summed E-state index contributed by atoms with van der Waals surface area (Å²) in [5.74, 6) is -0.433. The largest absolute Gasteiger partial charge is 0.476 e. The number of aromatic carboxylic acids is 1. The summed E-state index contributed by atoms with van der Waals surface area (Å²) < 4.78 is 1.62. The molecule has 2 aromatic rings. The Morgan fingerprint density at radius 2 is 2.50 bits per heavy atom. The lowest BCUT2D eigenvalue weighted by atomic mass is 10.3. The Morgan fingerprint density at radius 1 is 1.72 bits per heavy atom. The lowest BCUT2D eigenvalue weighted by Crippen LogP contribution is -2.26. The van der Waals surface area contributed by atoms with Gasteiger partial charge >= 0.3 is 5.97 Å². The van der Waals surface area contributed by atoms with Gasteiger partial charge in [0.15, 0.2) is 16.5 Å². The van der Waals surface area contributed by atoms with Crippen LogP contribution in [-0.2, 0) is 0 Å². The zero-order valence-corrected chi connectivity index (χ0v) is 11.0. The molecule has 5 nitrogen and oxygen atoms in total. The van der Waals surface area contributed by atoms with Gasteiger partial charge in [-0.25, -0.2) is 9.78 Å². The van der Waals surface area contributed by atoms with Crippen LogP contribution in [0.3, 0.4) is 0 Å². The molecule has 0 aliphatic carbocycles. The summed E-state index contributed by atoms with van der Waals surface area (Å²) in [5, 5.41) is 11.2. The molecule has 0 aliphatic rings. The van der Waals surface area contributed by atoms with Crippen LogP contribution < -0.4 is 4.90 Å². The fourth-order valence-electron chi connectivity index (χ4n) is 1.90. The molecular formula is C12H15N3O2S. The van der Waals surface area contributed by atoms with Gasteiger partial charge in [0.2, 0.25) is 0 Å². The van der Waals surface area contributed by atoms with Crippen LogP contribution >= 0.6 is 11.3 Å². The second kappa shape index (κ2) is 5.22. The Hall–Kier alpha value is -1.82. The average molecular weight is 265 g/mol. The molecule has 0 aliphatic heterocycles. The number of aromatic nitrogens is 2. The Morgan fingerprint density at radius 3 is 3.11 bits per heavy atom. The summed E-state index contributed by atoms with van der Waals surface area (Å²) in [5.41, 5.74) is 0.224. The first-order valence-corrected chi connectivity index (χ1v) is 6.61. The molecule has 0 amide bonds. The van der Waals surface area contributed by atoms with Gasteiger partial charge in [0.05, 0.1) is 0 Å². The topological polar surface area (TPSA) is 57.8 Å². The quantitative estimate of drug-likeness (QED) is 0.815. The third-order valence-corrected chi connectivity index (χ3v) is 3.35. The number of nitrogens with zero attached hydrogens (tertiary/aromatic N) is 3. The second-order valence-corrected chi connectivity index (χ2v) is 4.75. The van der Waals surface area contributed by atoms with Crippen molar-refractivity contribution in [3.8, 4) is 0 Å². The predicted molar refractivity (Wildman–Crippen MR) is 72.7 cm³/mol. The van der Waals surface area contributed by atoms with E-state index >= 15 is 0 Å². The molecule has 0 spiro atoms. The summed E-state index contributed by atoms with van der Waals surface area (Å²) in [6.45, 7) is 7.11. The first-order valence-electron chi connectivity index (χ1n) is 5.73. The number of anilines is 1. The Labute approximate surface area is 109 Å². The van der Waals surface area contributed by atoms with Crippen molar-refractivity contribution in [1.82, 2.24) is 9.38 Å². The van der Waals surface area contributed by atoms with Crippen molar-refractivity contribution in [3.63, 3.8) is 0 Å². The van der Waals surface area contributed by atoms with Crippen LogP contribution in [0.2, 0.25) is 0 Å². The third-order valence-electron chi connectivity index (χ3n) is 2.59. The lowest BCUT2D eigenvalue weighted by Gasteiger charge is -2.20. The van der Waals surface area contributed by atoms with E-state index in [9.17, 15) is 9.90 Å². The van der Waals surface area contributed by atoms with Crippen LogP contribution in [0.15, 0.2) is 24.2 Å². The van der Waals surface area contributed by atoms with Crippen LogP contribution in [0.25, 0.3) is 4.96 Å². The predicted octanol–water partition coefficient (Wildman–Crippen LogP) is 2.50. The van der Waals surface area contributed by atoms with Gasteiger partial charge in [-0.15, -0.1) is 17.9 Å². The Balaban J connectivity index is 2.53. The molecule has 0 bridgehead atoms. The van der Waals surface area contributed by atoms with E-state index in [1.807, 2.05) is 10.3 Å². The highest BCUT2D eigenvalue weighted by Crippen LogP contribution is 2.24. The summed E-state index contributed by atoms with van der Waals surface area (Å²) in [4.78, 5) is 18.5. The van der Waals surface area contributed by atoms with Gasteiger partial charge in [0.25, 0.3) is 0 Å². The molecule has 0 unspecified atom stereocenters. The average Bonchev–Trinajstić information content (AvgIpc) is 2.87. The van der Waals surface area contributed by atoms with Crippen molar-refractivity contribution in [3.05, 3.63) is 29.9 Å². The van der Waals surface area contributed by atoms with Crippen LogP contribution in [0.1, 0.15) is 23.8 Å². The summed E-state index contributed by atoms with van der Waals surface area (Å²) >= 11 is 1.43. The van der Waals surface area contributed by atoms with Crippen LogP contribution in [0.5, 0.6) is 0 Å². The molecular weight excluding hydrogens is 250 g/mol. The molecule has 0 radical (unpaired) electrons. The zero-order chi connectivity index (χ0) is 13.1. The van der Waals surface area contributed by atoms with Gasteiger partial charge in [-0.3, -0.25) is 4.40 Å². The number of thiazole rings is 1. The van der Waals surface area contributed by atoms with E-state index in [4.69, 9.17) is 0 Å². The van der Waals surface area contributed by atoms with E-state index in [1.54, 1.807) is 16.7 Å². The molecule has 2 aromatic heterocycles. The van der Waals surface area contributed by atoms with Gasteiger partial charge in [-0.1, -0.05) is 13.0 Å². The maximum Gasteiger partial charge on any atom is 0.356 e. The van der Waals surface area contributed by atoms with Crippen molar-refractivity contribution in [2.75, 3.05) is 18.0 Å². The maximum absolute atomic E-state index is 11.4. The van der Waals surface area contributed by atoms with E-state index in [-0.39, 0.29) is 5.69 Å². The van der Waals surface area contributed by atoms with Crippen LogP contribution in [0.4, 0.5) is 5.82 Å². The number of fused-ring (bicyclic) bond motifs is 1. The molecule has 6 heteroatoms. The van der Waals surface area contributed by atoms with Gasteiger partial charge in [-0.05, 0) is 6.42 Å². The molecule has 2 rings (SSSR count). The molecule has 18 heavy (non-hydrogen) atoms. The van der Waals surface area contributed by atoms with E-state index in [0.29, 0.717) is 17.3 Å². The van der Waals surface area contributed by atoms with Crippen LogP contribution in [-0.4, -0.2) is 33.6 Å². The Kier molecular flexibility index (Phi) is 3.66. The summed E-state index contributed by atoms with van der Waals surface area (Å²) in [6.07, 6.45) is 4.42. The first kappa shape index (κ1) is 12.6. The number of hydrogen-bond donors (Lipinski definition) is 1. The van der Waals surface area contributed by atoms with Gasteiger partial charge in [0.1, 0.15) is 0 Å². The number of carbonyl (C=O) groups is 1. The van der Waals surface area contributed by atoms with Crippen molar-refractivity contribution in [2.24, 2.45) is 0 Å². The molecule has 0 fully saturated rings. The SMILES string of the molecule is C=CCN(CCC)c1nc2sccn2c1C(=O)O. The fraction of sp³-hybridized carbons (Fsp3) is 0.333. The molecule has 2 heterocycles. The number of imidazole rings is 1. The van der Waals surface area contributed by atoms with Crippen molar-refractivity contribution in [2.45, 2.75) is 13.3 Å². The fourth-order valence-corrected chi connectivity index (χ4v) is 2.61. The highest BCUT2D eigenvalue weighted by molar-refractivity contribution is 7.15. The van der Waals surface area contributed by atoms with Gasteiger partial charge in [-0.2, -0.15) is 0 Å². The van der Waals surface area contributed by atoms with Crippen LogP contribution in [0, 0.1) is 0 Å². The Bertz CT molecular complexity index is 573. The van der Waals surface area contributed by atoms with Gasteiger partial charge < -0.3 is 10.0 Å². The molecule has 96 valence electrons. The van der Waals surface area contributed by atoms with E-state index in [0.717, 1.165) is 13.0 Å². The smallest absolute Gasteiger partial charge is 0.356 e. The standard InChI is InChI=1S/C12H15N3O2S/c1-3-5-14(6-4-2)10-9(11(16)17)15-7-8-18-12(15)13-10/h3,7-8H,1,4-6H2,2H3,(H,16,17). The minimum absolute atomic E-state index is 0.224. The number of hydrogen-bond acceptors (Lipinski definition) is 4. The van der Waals surface area contributed by atoms with Crippen molar-refractivity contribution in [1.29, 1.82) is 0 Å². The lowest BCUT2D eigenvalue weighted by molar-refractivity contribution is 0.0690. The minimum atomic E-state index is -0.957. The van der Waals surface area contributed by atoms with E-state index < -0.39 is 5.97 Å². The molecule has 0 saturated carbocycles. The molecule has 1 N–H and O–H groups in total. The van der Waals surface area contributed by atoms with Crippen molar-refractivity contribution >= 4 is 28.1 Å². The maximum atomic E-state index is 11.4. The zero-order valence-electron chi connectivity index (χ0n) is 10.2.